The first kappa shape index (κ1) is 13.5. The standard InChI is InChI=1S/C13H16N2OS2/c14-10-13(16,11-4-2-1-3-5-11)6-8-17-12-15-7-9-18-12/h1-5,7,9,16H,6,8,10,14H2. The van der Waals surface area contributed by atoms with Crippen LogP contribution < -0.4 is 5.73 Å². The number of hydrogen-bond acceptors (Lipinski definition) is 5. The molecule has 1 aromatic heterocycles. The maximum Gasteiger partial charge on any atom is 0.149 e. The fourth-order valence-corrected chi connectivity index (χ4v) is 3.50. The molecule has 0 saturated carbocycles. The lowest BCUT2D eigenvalue weighted by molar-refractivity contribution is 0.0431. The maximum atomic E-state index is 10.6. The van der Waals surface area contributed by atoms with E-state index in [-0.39, 0.29) is 6.54 Å². The van der Waals surface area contributed by atoms with E-state index >= 15 is 0 Å². The maximum absolute atomic E-state index is 10.6. The Labute approximate surface area is 115 Å². The molecule has 1 atom stereocenters. The molecule has 0 aliphatic carbocycles. The number of nitrogens with two attached hydrogens (primary N) is 1. The Morgan fingerprint density at radius 3 is 2.72 bits per heavy atom. The molecule has 1 aromatic carbocycles. The van der Waals surface area contributed by atoms with E-state index in [1.54, 1.807) is 29.3 Å². The summed E-state index contributed by atoms with van der Waals surface area (Å²) in [5.41, 5.74) is 5.67. The average Bonchev–Trinajstić information content (AvgIpc) is 2.93. The van der Waals surface area contributed by atoms with Crippen LogP contribution in [0.1, 0.15) is 12.0 Å². The van der Waals surface area contributed by atoms with Crippen LogP contribution in [0.5, 0.6) is 0 Å². The van der Waals surface area contributed by atoms with Crippen molar-refractivity contribution in [2.24, 2.45) is 5.73 Å². The van der Waals surface area contributed by atoms with Gasteiger partial charge in [0.15, 0.2) is 0 Å². The molecule has 0 amide bonds. The van der Waals surface area contributed by atoms with Gasteiger partial charge < -0.3 is 10.8 Å². The van der Waals surface area contributed by atoms with Crippen molar-refractivity contribution < 1.29 is 5.11 Å². The van der Waals surface area contributed by atoms with Crippen molar-refractivity contribution in [2.45, 2.75) is 16.4 Å². The predicted octanol–water partition coefficient (Wildman–Crippen LogP) is 2.47. The summed E-state index contributed by atoms with van der Waals surface area (Å²) in [6.07, 6.45) is 2.41. The lowest BCUT2D eigenvalue weighted by Gasteiger charge is -2.26. The van der Waals surface area contributed by atoms with Crippen molar-refractivity contribution in [3.8, 4) is 0 Å². The Morgan fingerprint density at radius 2 is 2.11 bits per heavy atom. The Kier molecular flexibility index (Phi) is 4.77. The van der Waals surface area contributed by atoms with Crippen LogP contribution in [0.3, 0.4) is 0 Å². The quantitative estimate of drug-likeness (QED) is 0.798. The number of aliphatic hydroxyl groups is 1. The number of rotatable bonds is 6. The van der Waals surface area contributed by atoms with E-state index in [9.17, 15) is 5.11 Å². The highest BCUT2D eigenvalue weighted by atomic mass is 32.2. The van der Waals surface area contributed by atoms with Gasteiger partial charge in [0.25, 0.3) is 0 Å². The third kappa shape index (κ3) is 3.32. The fourth-order valence-electron chi connectivity index (χ4n) is 1.70. The molecule has 0 bridgehead atoms. The third-order valence-electron chi connectivity index (χ3n) is 2.80. The minimum absolute atomic E-state index is 0.232. The van der Waals surface area contributed by atoms with E-state index in [4.69, 9.17) is 5.73 Å². The molecule has 1 heterocycles. The number of thiazole rings is 1. The van der Waals surface area contributed by atoms with Crippen molar-refractivity contribution in [3.05, 3.63) is 47.5 Å². The van der Waals surface area contributed by atoms with Gasteiger partial charge in [-0.2, -0.15) is 0 Å². The predicted molar refractivity (Wildman–Crippen MR) is 76.8 cm³/mol. The summed E-state index contributed by atoms with van der Waals surface area (Å²) in [5.74, 6) is 0.802. The van der Waals surface area contributed by atoms with Crippen LogP contribution in [-0.2, 0) is 5.60 Å². The first-order chi connectivity index (χ1) is 8.74. The van der Waals surface area contributed by atoms with Gasteiger partial charge in [-0.15, -0.1) is 11.3 Å². The molecular formula is C13H16N2OS2. The molecule has 18 heavy (non-hydrogen) atoms. The molecule has 3 nitrogen and oxygen atoms in total. The zero-order chi connectivity index (χ0) is 12.8. The van der Waals surface area contributed by atoms with Crippen molar-refractivity contribution in [3.63, 3.8) is 0 Å². The van der Waals surface area contributed by atoms with Crippen LogP contribution in [0.2, 0.25) is 0 Å². The Morgan fingerprint density at radius 1 is 1.33 bits per heavy atom. The van der Waals surface area contributed by atoms with E-state index in [1.165, 1.54) is 0 Å². The monoisotopic (exact) mass is 280 g/mol. The van der Waals surface area contributed by atoms with Gasteiger partial charge in [0.2, 0.25) is 0 Å². The second-order valence-electron chi connectivity index (χ2n) is 4.00. The second-order valence-corrected chi connectivity index (χ2v) is 6.23. The smallest absolute Gasteiger partial charge is 0.149 e. The topological polar surface area (TPSA) is 59.1 Å². The summed E-state index contributed by atoms with van der Waals surface area (Å²) in [6, 6.07) is 9.61. The van der Waals surface area contributed by atoms with Gasteiger partial charge in [-0.1, -0.05) is 42.1 Å². The molecule has 2 aromatic rings. The first-order valence-corrected chi connectivity index (χ1v) is 7.61. The SMILES string of the molecule is NCC(O)(CCSc1nccs1)c1ccccc1. The van der Waals surface area contributed by atoms with E-state index < -0.39 is 5.60 Å². The van der Waals surface area contributed by atoms with Crippen LogP contribution in [0.15, 0.2) is 46.2 Å². The molecule has 5 heteroatoms. The zero-order valence-electron chi connectivity index (χ0n) is 9.95. The Balaban J connectivity index is 1.96. The van der Waals surface area contributed by atoms with Crippen LogP contribution in [-0.4, -0.2) is 22.4 Å². The Bertz CT molecular complexity index is 461. The largest absolute Gasteiger partial charge is 0.384 e. The molecule has 2 rings (SSSR count). The molecule has 0 fully saturated rings. The molecule has 96 valence electrons. The van der Waals surface area contributed by atoms with E-state index in [1.807, 2.05) is 35.7 Å². The molecule has 0 aliphatic heterocycles. The molecule has 0 aliphatic rings. The van der Waals surface area contributed by atoms with Gasteiger partial charge in [0.05, 0.1) is 0 Å². The summed E-state index contributed by atoms with van der Waals surface area (Å²) in [5, 5.41) is 12.5. The summed E-state index contributed by atoms with van der Waals surface area (Å²) in [6.45, 7) is 0.232. The summed E-state index contributed by atoms with van der Waals surface area (Å²) >= 11 is 3.27. The van der Waals surface area contributed by atoms with E-state index in [2.05, 4.69) is 4.98 Å². The molecule has 0 saturated heterocycles. The van der Waals surface area contributed by atoms with Gasteiger partial charge in [-0.3, -0.25) is 0 Å². The highest BCUT2D eigenvalue weighted by Crippen LogP contribution is 2.28. The van der Waals surface area contributed by atoms with Gasteiger partial charge in [-0.05, 0) is 12.0 Å². The minimum atomic E-state index is -0.939. The molecule has 1 unspecified atom stereocenters. The highest BCUT2D eigenvalue weighted by molar-refractivity contribution is 8.00. The Hall–Kier alpha value is -0.880. The third-order valence-corrected chi connectivity index (χ3v) is 4.77. The normalized spacial score (nSPS) is 14.3. The van der Waals surface area contributed by atoms with Gasteiger partial charge in [0, 0.05) is 23.9 Å². The highest BCUT2D eigenvalue weighted by Gasteiger charge is 2.26. The minimum Gasteiger partial charge on any atom is -0.384 e. The summed E-state index contributed by atoms with van der Waals surface area (Å²) in [7, 11) is 0. The molecular weight excluding hydrogens is 264 g/mol. The summed E-state index contributed by atoms with van der Waals surface area (Å²) < 4.78 is 1.03. The van der Waals surface area contributed by atoms with Crippen LogP contribution in [0.4, 0.5) is 0 Å². The molecule has 3 N–H and O–H groups in total. The number of hydrogen-bond donors (Lipinski definition) is 2. The van der Waals surface area contributed by atoms with Crippen molar-refractivity contribution >= 4 is 23.1 Å². The summed E-state index contributed by atoms with van der Waals surface area (Å²) in [4.78, 5) is 4.20. The second kappa shape index (κ2) is 6.33. The fraction of sp³-hybridized carbons (Fsp3) is 0.308. The first-order valence-electron chi connectivity index (χ1n) is 5.75. The van der Waals surface area contributed by atoms with Crippen LogP contribution >= 0.6 is 23.1 Å². The van der Waals surface area contributed by atoms with Crippen molar-refractivity contribution in [2.75, 3.05) is 12.3 Å². The number of aromatic nitrogens is 1. The number of nitrogens with zero attached hydrogens (tertiary/aromatic N) is 1. The van der Waals surface area contributed by atoms with Gasteiger partial charge in [-0.25, -0.2) is 4.98 Å². The lowest BCUT2D eigenvalue weighted by Crippen LogP contribution is -2.35. The van der Waals surface area contributed by atoms with E-state index in [0.29, 0.717) is 6.42 Å². The number of benzene rings is 1. The van der Waals surface area contributed by atoms with Crippen molar-refractivity contribution in [1.29, 1.82) is 0 Å². The average molecular weight is 280 g/mol. The van der Waals surface area contributed by atoms with Gasteiger partial charge >= 0.3 is 0 Å². The van der Waals surface area contributed by atoms with Gasteiger partial charge in [0.1, 0.15) is 9.94 Å². The number of thioether (sulfide) groups is 1. The molecule has 0 spiro atoms. The zero-order valence-corrected chi connectivity index (χ0v) is 11.6. The lowest BCUT2D eigenvalue weighted by atomic mass is 9.91. The van der Waals surface area contributed by atoms with Crippen LogP contribution in [0, 0.1) is 0 Å². The van der Waals surface area contributed by atoms with E-state index in [0.717, 1.165) is 15.7 Å². The van der Waals surface area contributed by atoms with Crippen LogP contribution in [0.25, 0.3) is 0 Å². The molecule has 0 radical (unpaired) electrons. The van der Waals surface area contributed by atoms with Crippen molar-refractivity contribution in [1.82, 2.24) is 4.98 Å².